The Hall–Kier alpha value is -1.68. The smallest absolute Gasteiger partial charge is 0.228 e. The van der Waals surface area contributed by atoms with Crippen molar-refractivity contribution in [1.82, 2.24) is 0 Å². The van der Waals surface area contributed by atoms with Crippen LogP contribution < -0.4 is 5.32 Å². The summed E-state index contributed by atoms with van der Waals surface area (Å²) in [6, 6.07) is 13.3. The number of benzene rings is 2. The molecule has 0 aliphatic rings. The van der Waals surface area contributed by atoms with Crippen LogP contribution in [0.1, 0.15) is 5.56 Å². The lowest BCUT2D eigenvalue weighted by molar-refractivity contribution is -0.115. The fourth-order valence-electron chi connectivity index (χ4n) is 1.59. The number of hydrogen-bond donors (Lipinski definition) is 1. The Morgan fingerprint density at radius 3 is 2.67 bits per heavy atom. The average Bonchev–Trinajstić information content (AvgIpc) is 2.32. The quantitative estimate of drug-likeness (QED) is 0.919. The van der Waals surface area contributed by atoms with E-state index in [4.69, 9.17) is 0 Å². The minimum absolute atomic E-state index is 0.174. The summed E-state index contributed by atoms with van der Waals surface area (Å²) in [6.07, 6.45) is 0.248. The van der Waals surface area contributed by atoms with E-state index in [0.717, 1.165) is 10.0 Å². The van der Waals surface area contributed by atoms with Gasteiger partial charge in [0.15, 0.2) is 0 Å². The third-order valence-corrected chi connectivity index (χ3v) is 3.19. The molecule has 2 aromatic carbocycles. The first-order chi connectivity index (χ1) is 8.65. The zero-order valence-corrected chi connectivity index (χ0v) is 11.1. The third-order valence-electron chi connectivity index (χ3n) is 2.42. The number of nitrogens with one attached hydrogen (secondary N) is 1. The number of hydrogen-bond acceptors (Lipinski definition) is 1. The van der Waals surface area contributed by atoms with Crippen molar-refractivity contribution in [2.75, 3.05) is 5.32 Å². The molecule has 0 aliphatic carbocycles. The fraction of sp³-hybridized carbons (Fsp3) is 0.0714. The van der Waals surface area contributed by atoms with E-state index in [1.54, 1.807) is 12.1 Å². The van der Waals surface area contributed by atoms with Crippen LogP contribution in [0.3, 0.4) is 0 Å². The predicted octanol–water partition coefficient (Wildman–Crippen LogP) is 3.77. The Morgan fingerprint density at radius 2 is 1.94 bits per heavy atom. The van der Waals surface area contributed by atoms with Gasteiger partial charge in [0, 0.05) is 10.2 Å². The number of rotatable bonds is 3. The molecule has 0 unspecified atom stereocenters. The Morgan fingerprint density at radius 1 is 1.17 bits per heavy atom. The molecule has 1 N–H and O–H groups in total. The molecule has 2 aromatic rings. The van der Waals surface area contributed by atoms with Gasteiger partial charge in [-0.05, 0) is 29.8 Å². The first-order valence-electron chi connectivity index (χ1n) is 5.44. The molecule has 18 heavy (non-hydrogen) atoms. The highest BCUT2D eigenvalue weighted by molar-refractivity contribution is 9.10. The second-order valence-electron chi connectivity index (χ2n) is 3.83. The molecular weight excluding hydrogens is 297 g/mol. The summed E-state index contributed by atoms with van der Waals surface area (Å²) in [5.41, 5.74) is 1.36. The summed E-state index contributed by atoms with van der Waals surface area (Å²) in [4.78, 5) is 11.8. The van der Waals surface area contributed by atoms with Gasteiger partial charge in [-0.3, -0.25) is 4.79 Å². The third kappa shape index (κ3) is 3.40. The fourth-order valence-corrected chi connectivity index (χ4v) is 2.01. The molecule has 0 radical (unpaired) electrons. The Labute approximate surface area is 113 Å². The van der Waals surface area contributed by atoms with Crippen molar-refractivity contribution >= 4 is 27.5 Å². The molecule has 1 amide bonds. The van der Waals surface area contributed by atoms with Crippen LogP contribution in [-0.4, -0.2) is 5.91 Å². The van der Waals surface area contributed by atoms with E-state index in [0.29, 0.717) is 5.69 Å². The minimum Gasteiger partial charge on any atom is -0.326 e. The summed E-state index contributed by atoms with van der Waals surface area (Å²) in [5.74, 6) is -0.541. The standard InChI is InChI=1S/C14H11BrFNO/c15-13-7-2-1-4-10(13)8-14(18)17-12-6-3-5-11(16)9-12/h1-7,9H,8H2,(H,17,18). The largest absolute Gasteiger partial charge is 0.326 e. The molecule has 0 aliphatic heterocycles. The first-order valence-corrected chi connectivity index (χ1v) is 6.23. The monoisotopic (exact) mass is 307 g/mol. The van der Waals surface area contributed by atoms with Crippen molar-refractivity contribution in [2.24, 2.45) is 0 Å². The van der Waals surface area contributed by atoms with Crippen molar-refractivity contribution in [3.05, 3.63) is 64.4 Å². The number of carbonyl (C=O) groups excluding carboxylic acids is 1. The summed E-state index contributed by atoms with van der Waals surface area (Å²) in [6.45, 7) is 0. The second kappa shape index (κ2) is 5.78. The summed E-state index contributed by atoms with van der Waals surface area (Å²) >= 11 is 3.38. The van der Waals surface area contributed by atoms with E-state index in [2.05, 4.69) is 21.2 Å². The molecule has 2 nitrogen and oxygen atoms in total. The topological polar surface area (TPSA) is 29.1 Å². The normalized spacial score (nSPS) is 10.1. The highest BCUT2D eigenvalue weighted by atomic mass is 79.9. The van der Waals surface area contributed by atoms with Gasteiger partial charge in [-0.2, -0.15) is 0 Å². The summed E-state index contributed by atoms with van der Waals surface area (Å²) in [7, 11) is 0. The SMILES string of the molecule is O=C(Cc1ccccc1Br)Nc1cccc(F)c1. The van der Waals surface area contributed by atoms with Gasteiger partial charge in [0.25, 0.3) is 0 Å². The zero-order valence-electron chi connectivity index (χ0n) is 9.49. The van der Waals surface area contributed by atoms with Crippen molar-refractivity contribution < 1.29 is 9.18 Å². The van der Waals surface area contributed by atoms with Crippen LogP contribution in [0.5, 0.6) is 0 Å². The van der Waals surface area contributed by atoms with Crippen LogP contribution >= 0.6 is 15.9 Å². The summed E-state index contributed by atoms with van der Waals surface area (Å²) < 4.78 is 13.8. The maximum absolute atomic E-state index is 12.9. The molecule has 0 atom stereocenters. The van der Waals surface area contributed by atoms with Gasteiger partial charge in [-0.15, -0.1) is 0 Å². The lowest BCUT2D eigenvalue weighted by atomic mass is 10.1. The maximum Gasteiger partial charge on any atom is 0.228 e. The van der Waals surface area contributed by atoms with Gasteiger partial charge in [0.05, 0.1) is 6.42 Å². The van der Waals surface area contributed by atoms with E-state index in [-0.39, 0.29) is 18.1 Å². The van der Waals surface area contributed by atoms with Crippen LogP contribution in [0.25, 0.3) is 0 Å². The highest BCUT2D eigenvalue weighted by Crippen LogP contribution is 2.17. The molecule has 4 heteroatoms. The van der Waals surface area contributed by atoms with Crippen molar-refractivity contribution in [3.8, 4) is 0 Å². The van der Waals surface area contributed by atoms with Crippen LogP contribution in [-0.2, 0) is 11.2 Å². The second-order valence-corrected chi connectivity index (χ2v) is 4.68. The Kier molecular flexibility index (Phi) is 4.10. The van der Waals surface area contributed by atoms with Crippen LogP contribution in [0.15, 0.2) is 53.0 Å². The van der Waals surface area contributed by atoms with Gasteiger partial charge >= 0.3 is 0 Å². The van der Waals surface area contributed by atoms with Crippen LogP contribution in [0.2, 0.25) is 0 Å². The number of carbonyl (C=O) groups is 1. The van der Waals surface area contributed by atoms with Gasteiger partial charge in [-0.1, -0.05) is 40.2 Å². The van der Waals surface area contributed by atoms with E-state index >= 15 is 0 Å². The minimum atomic E-state index is -0.367. The van der Waals surface area contributed by atoms with Gasteiger partial charge in [-0.25, -0.2) is 4.39 Å². The van der Waals surface area contributed by atoms with Crippen LogP contribution in [0, 0.1) is 5.82 Å². The van der Waals surface area contributed by atoms with E-state index in [9.17, 15) is 9.18 Å². The van der Waals surface area contributed by atoms with Crippen molar-refractivity contribution in [3.63, 3.8) is 0 Å². The number of anilines is 1. The van der Waals surface area contributed by atoms with E-state index < -0.39 is 0 Å². The van der Waals surface area contributed by atoms with Gasteiger partial charge < -0.3 is 5.32 Å². The molecular formula is C14H11BrFNO. The first kappa shape index (κ1) is 12.8. The van der Waals surface area contributed by atoms with Crippen LogP contribution in [0.4, 0.5) is 10.1 Å². The van der Waals surface area contributed by atoms with E-state index in [1.165, 1.54) is 12.1 Å². The molecule has 0 aromatic heterocycles. The van der Waals surface area contributed by atoms with Crippen molar-refractivity contribution in [1.29, 1.82) is 0 Å². The van der Waals surface area contributed by atoms with E-state index in [1.807, 2.05) is 24.3 Å². The zero-order chi connectivity index (χ0) is 13.0. The van der Waals surface area contributed by atoms with Crippen molar-refractivity contribution in [2.45, 2.75) is 6.42 Å². The number of halogens is 2. The molecule has 92 valence electrons. The number of amides is 1. The summed E-state index contributed by atoms with van der Waals surface area (Å²) in [5, 5.41) is 2.66. The lowest BCUT2D eigenvalue weighted by Crippen LogP contribution is -2.14. The molecule has 0 spiro atoms. The average molecular weight is 308 g/mol. The predicted molar refractivity (Wildman–Crippen MR) is 72.9 cm³/mol. The highest BCUT2D eigenvalue weighted by Gasteiger charge is 2.06. The molecule has 2 rings (SSSR count). The Balaban J connectivity index is 2.03. The maximum atomic E-state index is 12.9. The molecule has 0 saturated heterocycles. The van der Waals surface area contributed by atoms with Gasteiger partial charge in [0.1, 0.15) is 5.82 Å². The van der Waals surface area contributed by atoms with Gasteiger partial charge in [0.2, 0.25) is 5.91 Å². The molecule has 0 fully saturated rings. The molecule has 0 bridgehead atoms. The molecule has 0 heterocycles. The molecule has 0 saturated carbocycles. The lowest BCUT2D eigenvalue weighted by Gasteiger charge is -2.06. The Bertz CT molecular complexity index is 571.